The SMILES string of the molecule is Fc1ccccc1OC(c1ccccn1)C1CNCCO1. The number of aromatic nitrogens is 1. The van der Waals surface area contributed by atoms with E-state index < -0.39 is 6.10 Å². The summed E-state index contributed by atoms with van der Waals surface area (Å²) < 4.78 is 25.5. The first-order valence-electron chi connectivity index (χ1n) is 6.99. The van der Waals surface area contributed by atoms with Crippen LogP contribution in [-0.4, -0.2) is 30.8 Å². The van der Waals surface area contributed by atoms with Gasteiger partial charge in [-0.25, -0.2) is 4.39 Å². The number of rotatable bonds is 4. The first-order valence-corrected chi connectivity index (χ1v) is 6.99. The predicted octanol–water partition coefficient (Wildman–Crippen LogP) is 2.33. The standard InChI is InChI=1S/C16H17FN2O2/c17-12-5-1-2-7-14(12)21-16(13-6-3-4-8-19-13)15-11-18-9-10-20-15/h1-8,15-16,18H,9-11H2. The number of benzene rings is 1. The highest BCUT2D eigenvalue weighted by molar-refractivity contribution is 5.25. The second-order valence-corrected chi connectivity index (χ2v) is 4.84. The quantitative estimate of drug-likeness (QED) is 0.937. The minimum atomic E-state index is -0.448. The minimum absolute atomic E-state index is 0.201. The Morgan fingerprint density at radius 3 is 2.81 bits per heavy atom. The smallest absolute Gasteiger partial charge is 0.168 e. The van der Waals surface area contributed by atoms with E-state index in [-0.39, 0.29) is 17.7 Å². The summed E-state index contributed by atoms with van der Waals surface area (Å²) >= 11 is 0. The number of hydrogen-bond donors (Lipinski definition) is 1. The minimum Gasteiger partial charge on any atom is -0.478 e. The van der Waals surface area contributed by atoms with Crippen LogP contribution in [0.15, 0.2) is 48.7 Å². The van der Waals surface area contributed by atoms with Crippen LogP contribution in [0.5, 0.6) is 5.75 Å². The largest absolute Gasteiger partial charge is 0.478 e. The number of halogens is 1. The van der Waals surface area contributed by atoms with Crippen LogP contribution in [0.2, 0.25) is 0 Å². The molecule has 1 aliphatic heterocycles. The summed E-state index contributed by atoms with van der Waals surface area (Å²) in [7, 11) is 0. The normalized spacial score (nSPS) is 20.0. The molecule has 2 aromatic rings. The second-order valence-electron chi connectivity index (χ2n) is 4.84. The summed E-state index contributed by atoms with van der Waals surface area (Å²) in [4.78, 5) is 4.32. The molecule has 1 aliphatic rings. The van der Waals surface area contributed by atoms with Crippen molar-refractivity contribution in [1.29, 1.82) is 0 Å². The van der Waals surface area contributed by atoms with Crippen LogP contribution in [0.25, 0.3) is 0 Å². The zero-order valence-corrected chi connectivity index (χ0v) is 11.5. The molecular weight excluding hydrogens is 271 g/mol. The summed E-state index contributed by atoms with van der Waals surface area (Å²) in [6, 6.07) is 12.0. The molecule has 0 aliphatic carbocycles. The van der Waals surface area contributed by atoms with Crippen LogP contribution in [-0.2, 0) is 4.74 Å². The molecule has 5 heteroatoms. The van der Waals surface area contributed by atoms with Gasteiger partial charge in [0.05, 0.1) is 12.3 Å². The van der Waals surface area contributed by atoms with E-state index in [0.29, 0.717) is 13.2 Å². The van der Waals surface area contributed by atoms with Crippen molar-refractivity contribution in [3.05, 3.63) is 60.2 Å². The van der Waals surface area contributed by atoms with Crippen molar-refractivity contribution >= 4 is 0 Å². The molecule has 0 amide bonds. The Balaban J connectivity index is 1.87. The Kier molecular flexibility index (Phi) is 4.43. The molecule has 1 N–H and O–H groups in total. The number of ether oxygens (including phenoxy) is 2. The van der Waals surface area contributed by atoms with Gasteiger partial charge in [0, 0.05) is 19.3 Å². The van der Waals surface area contributed by atoms with Gasteiger partial charge < -0.3 is 14.8 Å². The maximum atomic E-state index is 13.8. The Hall–Kier alpha value is -1.98. The molecule has 2 atom stereocenters. The van der Waals surface area contributed by atoms with E-state index >= 15 is 0 Å². The van der Waals surface area contributed by atoms with Crippen molar-refractivity contribution < 1.29 is 13.9 Å². The maximum absolute atomic E-state index is 13.8. The molecule has 1 fully saturated rings. The average molecular weight is 288 g/mol. The van der Waals surface area contributed by atoms with Crippen LogP contribution in [0, 0.1) is 5.82 Å². The highest BCUT2D eigenvalue weighted by Crippen LogP contribution is 2.27. The summed E-state index contributed by atoms with van der Waals surface area (Å²) in [6.07, 6.45) is 1.05. The van der Waals surface area contributed by atoms with Gasteiger partial charge in [-0.3, -0.25) is 4.98 Å². The summed E-state index contributed by atoms with van der Waals surface area (Å²) in [6.45, 7) is 2.06. The fraction of sp³-hybridized carbons (Fsp3) is 0.312. The first-order chi connectivity index (χ1) is 10.3. The third kappa shape index (κ3) is 3.37. The van der Waals surface area contributed by atoms with Gasteiger partial charge in [-0.15, -0.1) is 0 Å². The molecule has 1 saturated heterocycles. The number of hydrogen-bond acceptors (Lipinski definition) is 4. The lowest BCUT2D eigenvalue weighted by Crippen LogP contribution is -2.43. The van der Waals surface area contributed by atoms with E-state index in [2.05, 4.69) is 10.3 Å². The van der Waals surface area contributed by atoms with Gasteiger partial charge in [0.15, 0.2) is 17.7 Å². The zero-order valence-electron chi connectivity index (χ0n) is 11.5. The van der Waals surface area contributed by atoms with Crippen LogP contribution in [0.3, 0.4) is 0 Å². The summed E-state index contributed by atoms with van der Waals surface area (Å²) in [5.41, 5.74) is 0.731. The van der Waals surface area contributed by atoms with Crippen molar-refractivity contribution in [1.82, 2.24) is 10.3 Å². The highest BCUT2D eigenvalue weighted by atomic mass is 19.1. The third-order valence-corrected chi connectivity index (χ3v) is 3.36. The Labute approximate surface area is 122 Å². The van der Waals surface area contributed by atoms with Gasteiger partial charge in [-0.2, -0.15) is 0 Å². The molecule has 0 spiro atoms. The van der Waals surface area contributed by atoms with Crippen LogP contribution in [0.4, 0.5) is 4.39 Å². The van der Waals surface area contributed by atoms with E-state index in [4.69, 9.17) is 9.47 Å². The Bertz CT molecular complexity index is 573. The average Bonchev–Trinajstić information content (AvgIpc) is 2.56. The molecule has 0 bridgehead atoms. The van der Waals surface area contributed by atoms with Crippen molar-refractivity contribution in [2.45, 2.75) is 12.2 Å². The lowest BCUT2D eigenvalue weighted by atomic mass is 10.1. The molecule has 2 unspecified atom stereocenters. The van der Waals surface area contributed by atoms with E-state index in [1.807, 2.05) is 18.2 Å². The highest BCUT2D eigenvalue weighted by Gasteiger charge is 2.29. The van der Waals surface area contributed by atoms with Crippen LogP contribution >= 0.6 is 0 Å². The maximum Gasteiger partial charge on any atom is 0.168 e. The van der Waals surface area contributed by atoms with Crippen molar-refractivity contribution in [2.24, 2.45) is 0 Å². The third-order valence-electron chi connectivity index (χ3n) is 3.36. The number of nitrogens with zero attached hydrogens (tertiary/aromatic N) is 1. The Morgan fingerprint density at radius 2 is 2.10 bits per heavy atom. The predicted molar refractivity (Wildman–Crippen MR) is 76.6 cm³/mol. The van der Waals surface area contributed by atoms with Gasteiger partial charge in [-0.1, -0.05) is 18.2 Å². The Morgan fingerprint density at radius 1 is 1.24 bits per heavy atom. The van der Waals surface area contributed by atoms with Gasteiger partial charge in [-0.05, 0) is 24.3 Å². The van der Waals surface area contributed by atoms with E-state index in [0.717, 1.165) is 12.2 Å². The topological polar surface area (TPSA) is 43.4 Å². The summed E-state index contributed by atoms with van der Waals surface area (Å²) in [5.74, 6) is -0.176. The molecule has 1 aromatic carbocycles. The number of para-hydroxylation sites is 1. The zero-order chi connectivity index (χ0) is 14.5. The second kappa shape index (κ2) is 6.65. The van der Waals surface area contributed by atoms with E-state index in [1.165, 1.54) is 6.07 Å². The fourth-order valence-electron chi connectivity index (χ4n) is 2.33. The van der Waals surface area contributed by atoms with Crippen molar-refractivity contribution in [2.75, 3.05) is 19.7 Å². The molecule has 0 radical (unpaired) electrons. The van der Waals surface area contributed by atoms with E-state index in [1.54, 1.807) is 24.4 Å². The van der Waals surface area contributed by atoms with Crippen LogP contribution < -0.4 is 10.1 Å². The van der Waals surface area contributed by atoms with E-state index in [9.17, 15) is 4.39 Å². The lowest BCUT2D eigenvalue weighted by Gasteiger charge is -2.31. The number of pyridine rings is 1. The molecule has 0 saturated carbocycles. The number of nitrogens with one attached hydrogen (secondary N) is 1. The van der Waals surface area contributed by atoms with Gasteiger partial charge >= 0.3 is 0 Å². The summed E-state index contributed by atoms with van der Waals surface area (Å²) in [5, 5.41) is 3.26. The lowest BCUT2D eigenvalue weighted by molar-refractivity contribution is -0.0457. The fourth-order valence-corrected chi connectivity index (χ4v) is 2.33. The molecule has 2 heterocycles. The molecule has 4 nitrogen and oxygen atoms in total. The van der Waals surface area contributed by atoms with Gasteiger partial charge in [0.25, 0.3) is 0 Å². The molecular formula is C16H17FN2O2. The van der Waals surface area contributed by atoms with Gasteiger partial charge in [0.2, 0.25) is 0 Å². The molecule has 3 rings (SSSR count). The number of morpholine rings is 1. The first kappa shape index (κ1) is 14.0. The molecule has 1 aromatic heterocycles. The van der Waals surface area contributed by atoms with Crippen molar-refractivity contribution in [3.8, 4) is 5.75 Å². The van der Waals surface area contributed by atoms with Crippen LogP contribution in [0.1, 0.15) is 11.8 Å². The van der Waals surface area contributed by atoms with Gasteiger partial charge in [0.1, 0.15) is 6.10 Å². The monoisotopic (exact) mass is 288 g/mol. The van der Waals surface area contributed by atoms with Crippen molar-refractivity contribution in [3.63, 3.8) is 0 Å². The molecule has 21 heavy (non-hydrogen) atoms. The molecule has 110 valence electrons.